The van der Waals surface area contributed by atoms with Gasteiger partial charge in [0.2, 0.25) is 5.91 Å². The van der Waals surface area contributed by atoms with Gasteiger partial charge in [-0.2, -0.15) is 0 Å². The molecule has 1 aliphatic rings. The van der Waals surface area contributed by atoms with Crippen LogP contribution >= 0.6 is 0 Å². The van der Waals surface area contributed by atoms with E-state index in [-0.39, 0.29) is 6.61 Å². The molecular weight excluding hydrogens is 298 g/mol. The van der Waals surface area contributed by atoms with Gasteiger partial charge in [0.15, 0.2) is 12.4 Å². The molecule has 9 nitrogen and oxygen atoms in total. The minimum Gasteiger partial charge on any atom is -0.463 e. The third kappa shape index (κ3) is 4.93. The van der Waals surface area contributed by atoms with Crippen molar-refractivity contribution in [2.24, 2.45) is 0 Å². The van der Waals surface area contributed by atoms with Crippen molar-refractivity contribution in [3.05, 3.63) is 0 Å². The van der Waals surface area contributed by atoms with Crippen LogP contribution in [0, 0.1) is 0 Å². The summed E-state index contributed by atoms with van der Waals surface area (Å²) in [6.07, 6.45) is -4.11. The number of methoxy groups -OCH3 is 1. The first-order valence-corrected chi connectivity index (χ1v) is 6.70. The lowest BCUT2D eigenvalue weighted by Gasteiger charge is -2.43. The van der Waals surface area contributed by atoms with Crippen LogP contribution < -0.4 is 5.32 Å². The number of aliphatic hydroxyl groups excluding tert-OH is 1. The first kappa shape index (κ1) is 18.3. The number of amides is 1. The summed E-state index contributed by atoms with van der Waals surface area (Å²) in [5.74, 6) is -1.57. The summed E-state index contributed by atoms with van der Waals surface area (Å²) in [5.41, 5.74) is 0. The summed E-state index contributed by atoms with van der Waals surface area (Å²) in [7, 11) is 1.35. The average Bonchev–Trinajstić information content (AvgIpc) is 2.39. The molecule has 0 saturated carbocycles. The first-order valence-electron chi connectivity index (χ1n) is 6.70. The summed E-state index contributed by atoms with van der Waals surface area (Å²) >= 11 is 0. The summed E-state index contributed by atoms with van der Waals surface area (Å²) < 4.78 is 20.6. The van der Waals surface area contributed by atoms with Gasteiger partial charge in [-0.25, -0.2) is 0 Å². The van der Waals surface area contributed by atoms with E-state index in [1.807, 2.05) is 0 Å². The number of carbonyl (C=O) groups is 3. The number of carbonyl (C=O) groups excluding carboxylic acids is 3. The van der Waals surface area contributed by atoms with Gasteiger partial charge < -0.3 is 29.4 Å². The smallest absolute Gasteiger partial charge is 0.303 e. The molecule has 9 heteroatoms. The Balaban J connectivity index is 2.96. The lowest BCUT2D eigenvalue weighted by atomic mass is 9.96. The molecule has 1 rings (SSSR count). The van der Waals surface area contributed by atoms with Gasteiger partial charge >= 0.3 is 11.9 Å². The number of nitrogens with one attached hydrogen (secondary N) is 1. The van der Waals surface area contributed by atoms with Gasteiger partial charge in [0.1, 0.15) is 24.9 Å². The Hall–Kier alpha value is -1.71. The maximum absolute atomic E-state index is 11.3. The van der Waals surface area contributed by atoms with Gasteiger partial charge in [-0.3, -0.25) is 14.4 Å². The standard InChI is InChI=1S/C13H21NO8/c1-6(15)14-10-12(21-8(3)17)11(19-4)9(22-13(10)18)5-20-7(2)16/h9-13,18H,5H2,1-4H3,(H,14,15)/t9-,10-,11-,12-,13+/m1/s1. The van der Waals surface area contributed by atoms with Crippen molar-refractivity contribution in [3.8, 4) is 0 Å². The van der Waals surface area contributed by atoms with E-state index in [1.54, 1.807) is 0 Å². The molecule has 1 amide bonds. The van der Waals surface area contributed by atoms with E-state index in [0.717, 1.165) is 0 Å². The van der Waals surface area contributed by atoms with E-state index >= 15 is 0 Å². The van der Waals surface area contributed by atoms with Crippen LogP contribution in [0.3, 0.4) is 0 Å². The van der Waals surface area contributed by atoms with Crippen LogP contribution in [0.2, 0.25) is 0 Å². The molecule has 0 spiro atoms. The Labute approximate surface area is 127 Å². The van der Waals surface area contributed by atoms with E-state index in [2.05, 4.69) is 5.32 Å². The van der Waals surface area contributed by atoms with Gasteiger partial charge in [-0.1, -0.05) is 0 Å². The Kier molecular flexibility index (Phi) is 6.72. The second kappa shape index (κ2) is 8.06. The minimum atomic E-state index is -1.44. The largest absolute Gasteiger partial charge is 0.463 e. The van der Waals surface area contributed by atoms with E-state index in [1.165, 1.54) is 27.9 Å². The van der Waals surface area contributed by atoms with Crippen molar-refractivity contribution in [3.63, 3.8) is 0 Å². The van der Waals surface area contributed by atoms with E-state index < -0.39 is 48.5 Å². The van der Waals surface area contributed by atoms with Crippen LogP contribution in [-0.2, 0) is 33.3 Å². The second-order valence-corrected chi connectivity index (χ2v) is 4.87. The maximum atomic E-state index is 11.3. The second-order valence-electron chi connectivity index (χ2n) is 4.87. The summed E-state index contributed by atoms with van der Waals surface area (Å²) in [5, 5.41) is 12.5. The molecule has 1 heterocycles. The van der Waals surface area contributed by atoms with Crippen molar-refractivity contribution in [1.29, 1.82) is 0 Å². The van der Waals surface area contributed by atoms with Crippen molar-refractivity contribution in [1.82, 2.24) is 5.32 Å². The number of ether oxygens (including phenoxy) is 4. The van der Waals surface area contributed by atoms with E-state index in [4.69, 9.17) is 18.9 Å². The van der Waals surface area contributed by atoms with Gasteiger partial charge in [-0.15, -0.1) is 0 Å². The zero-order valence-corrected chi connectivity index (χ0v) is 12.9. The van der Waals surface area contributed by atoms with Gasteiger partial charge in [0.05, 0.1) is 0 Å². The number of esters is 2. The van der Waals surface area contributed by atoms with Crippen molar-refractivity contribution in [2.75, 3.05) is 13.7 Å². The topological polar surface area (TPSA) is 120 Å². The quantitative estimate of drug-likeness (QED) is 0.601. The Bertz CT molecular complexity index is 426. The molecule has 0 aliphatic carbocycles. The lowest BCUT2D eigenvalue weighted by molar-refractivity contribution is -0.264. The third-order valence-electron chi connectivity index (χ3n) is 3.06. The Morgan fingerprint density at radius 1 is 1.14 bits per heavy atom. The number of aliphatic hydroxyl groups is 1. The Morgan fingerprint density at radius 2 is 1.77 bits per heavy atom. The van der Waals surface area contributed by atoms with E-state index in [9.17, 15) is 19.5 Å². The molecule has 0 unspecified atom stereocenters. The molecule has 22 heavy (non-hydrogen) atoms. The van der Waals surface area contributed by atoms with Crippen LogP contribution in [0.15, 0.2) is 0 Å². The molecular formula is C13H21NO8. The van der Waals surface area contributed by atoms with E-state index in [0.29, 0.717) is 0 Å². The highest BCUT2D eigenvalue weighted by molar-refractivity contribution is 5.73. The number of hydrogen-bond acceptors (Lipinski definition) is 8. The predicted octanol–water partition coefficient (Wildman–Crippen LogP) is -1.28. The van der Waals surface area contributed by atoms with Crippen molar-refractivity contribution in [2.45, 2.75) is 51.4 Å². The van der Waals surface area contributed by atoms with Crippen LogP contribution in [0.4, 0.5) is 0 Å². The SMILES string of the molecule is CO[C@H]1[C@H](OC(C)=O)[C@@H](NC(C)=O)[C@@H](O)O[C@@H]1COC(C)=O. The summed E-state index contributed by atoms with van der Waals surface area (Å²) in [6.45, 7) is 3.49. The molecule has 126 valence electrons. The van der Waals surface area contributed by atoms with Gasteiger partial charge in [0, 0.05) is 27.9 Å². The highest BCUT2D eigenvalue weighted by Crippen LogP contribution is 2.25. The predicted molar refractivity (Wildman–Crippen MR) is 71.5 cm³/mol. The minimum absolute atomic E-state index is 0.185. The van der Waals surface area contributed by atoms with Crippen LogP contribution in [0.1, 0.15) is 20.8 Å². The zero-order chi connectivity index (χ0) is 16.9. The molecule has 1 aliphatic heterocycles. The molecule has 0 radical (unpaired) electrons. The molecule has 0 bridgehead atoms. The molecule has 5 atom stereocenters. The number of rotatable bonds is 5. The molecule has 1 saturated heterocycles. The normalized spacial score (nSPS) is 31.2. The molecule has 0 aromatic carbocycles. The third-order valence-corrected chi connectivity index (χ3v) is 3.06. The fourth-order valence-electron chi connectivity index (χ4n) is 2.26. The zero-order valence-electron chi connectivity index (χ0n) is 12.9. The first-order chi connectivity index (χ1) is 10.3. The van der Waals surface area contributed by atoms with Gasteiger partial charge in [-0.05, 0) is 0 Å². The average molecular weight is 319 g/mol. The van der Waals surface area contributed by atoms with Crippen LogP contribution in [0.5, 0.6) is 0 Å². The molecule has 1 fully saturated rings. The fraction of sp³-hybridized carbons (Fsp3) is 0.769. The summed E-state index contributed by atoms with van der Waals surface area (Å²) in [6, 6.07) is -1.00. The summed E-state index contributed by atoms with van der Waals surface area (Å²) in [4.78, 5) is 33.4. The highest BCUT2D eigenvalue weighted by atomic mass is 16.7. The maximum Gasteiger partial charge on any atom is 0.303 e. The molecule has 0 aromatic heterocycles. The monoisotopic (exact) mass is 319 g/mol. The van der Waals surface area contributed by atoms with Crippen LogP contribution in [-0.4, -0.2) is 67.3 Å². The fourth-order valence-corrected chi connectivity index (χ4v) is 2.26. The van der Waals surface area contributed by atoms with Crippen molar-refractivity contribution >= 4 is 17.8 Å². The van der Waals surface area contributed by atoms with Crippen LogP contribution in [0.25, 0.3) is 0 Å². The van der Waals surface area contributed by atoms with Gasteiger partial charge in [0.25, 0.3) is 0 Å². The molecule has 2 N–H and O–H groups in total. The number of hydrogen-bond donors (Lipinski definition) is 2. The van der Waals surface area contributed by atoms with Crippen molar-refractivity contribution < 1.29 is 38.4 Å². The highest BCUT2D eigenvalue weighted by Gasteiger charge is 2.48. The molecule has 0 aromatic rings. The Morgan fingerprint density at radius 3 is 2.23 bits per heavy atom. The lowest BCUT2D eigenvalue weighted by Crippen LogP contribution is -2.65.